The Morgan fingerprint density at radius 2 is 1.91 bits per heavy atom. The first-order chi connectivity index (χ1) is 16.8. The average molecular weight is 504 g/mol. The zero-order chi connectivity index (χ0) is 25.4. The summed E-state index contributed by atoms with van der Waals surface area (Å²) in [5.41, 5.74) is 2.46. The third kappa shape index (κ3) is 7.28. The second kappa shape index (κ2) is 12.2. The molecule has 1 unspecified atom stereocenters. The minimum atomic E-state index is -4.36. The van der Waals surface area contributed by atoms with Crippen LogP contribution in [0.2, 0.25) is 0 Å². The summed E-state index contributed by atoms with van der Waals surface area (Å²) in [6.45, 7) is 5.81. The largest absolute Gasteiger partial charge is 0.492 e. The van der Waals surface area contributed by atoms with Gasteiger partial charge in [-0.25, -0.2) is 0 Å². The van der Waals surface area contributed by atoms with Crippen LogP contribution in [0.15, 0.2) is 47.4 Å². The molecule has 0 spiro atoms. The highest BCUT2D eigenvalue weighted by atomic mass is 32.2. The van der Waals surface area contributed by atoms with Crippen LogP contribution in [0.5, 0.6) is 5.75 Å². The minimum Gasteiger partial charge on any atom is -0.492 e. The standard InChI is InChI=1S/C27H32F3N3OS/c1-5-9-19(3)32-23-11-7-12-25-22(23)16-20(33(25)18-27(28,29)30)10-8-15-31-24-14-13-21(35-4)17-26(24)34-6-2/h7,11-14,16-17,19,31-32H,5-6,9,15,18H2,1-4H3. The zero-order valence-corrected chi connectivity index (χ0v) is 21.4. The monoisotopic (exact) mass is 503 g/mol. The minimum absolute atomic E-state index is 0.215. The van der Waals surface area contributed by atoms with Crippen molar-refractivity contribution in [2.45, 2.75) is 57.3 Å². The highest BCUT2D eigenvalue weighted by Crippen LogP contribution is 2.31. The van der Waals surface area contributed by atoms with E-state index in [4.69, 9.17) is 4.74 Å². The van der Waals surface area contributed by atoms with Crippen LogP contribution < -0.4 is 15.4 Å². The van der Waals surface area contributed by atoms with E-state index in [0.29, 0.717) is 17.8 Å². The van der Waals surface area contributed by atoms with Gasteiger partial charge in [-0.3, -0.25) is 0 Å². The fourth-order valence-corrected chi connectivity index (χ4v) is 4.39. The Morgan fingerprint density at radius 1 is 1.11 bits per heavy atom. The molecule has 2 aromatic carbocycles. The van der Waals surface area contributed by atoms with Crippen LogP contribution in [0, 0.1) is 11.8 Å². The normalized spacial score (nSPS) is 12.2. The Kier molecular flexibility index (Phi) is 9.27. The predicted octanol–water partition coefficient (Wildman–Crippen LogP) is 7.39. The lowest BCUT2D eigenvalue weighted by atomic mass is 10.1. The van der Waals surface area contributed by atoms with Gasteiger partial charge in [-0.2, -0.15) is 13.2 Å². The van der Waals surface area contributed by atoms with Crippen LogP contribution in [-0.2, 0) is 6.54 Å². The SMILES string of the molecule is CCCC(C)Nc1cccc2c1cc(C#CCNc1ccc(SC)cc1OCC)n2CC(F)(F)F. The van der Waals surface area contributed by atoms with Gasteiger partial charge in [0.05, 0.1) is 30.0 Å². The molecule has 3 aromatic rings. The first-order valence-electron chi connectivity index (χ1n) is 11.7. The highest BCUT2D eigenvalue weighted by Gasteiger charge is 2.30. The summed E-state index contributed by atoms with van der Waals surface area (Å²) in [4.78, 5) is 1.08. The quantitative estimate of drug-likeness (QED) is 0.224. The molecule has 0 amide bonds. The van der Waals surface area contributed by atoms with E-state index in [1.807, 2.05) is 37.4 Å². The molecule has 3 rings (SSSR count). The summed E-state index contributed by atoms with van der Waals surface area (Å²) in [7, 11) is 0. The summed E-state index contributed by atoms with van der Waals surface area (Å²) in [6, 6.07) is 13.2. The Bertz CT molecular complexity index is 1190. The number of thioether (sulfide) groups is 1. The number of hydrogen-bond acceptors (Lipinski definition) is 4. The number of anilines is 2. The van der Waals surface area contributed by atoms with Gasteiger partial charge in [0.25, 0.3) is 0 Å². The summed E-state index contributed by atoms with van der Waals surface area (Å²) in [6.07, 6.45) is -0.367. The third-order valence-electron chi connectivity index (χ3n) is 5.48. The maximum Gasteiger partial charge on any atom is 0.406 e. The van der Waals surface area contributed by atoms with Gasteiger partial charge in [0.2, 0.25) is 0 Å². The zero-order valence-electron chi connectivity index (χ0n) is 20.6. The van der Waals surface area contributed by atoms with E-state index in [0.717, 1.165) is 40.2 Å². The number of ether oxygens (including phenoxy) is 1. The number of nitrogens with one attached hydrogen (secondary N) is 2. The molecule has 4 nitrogen and oxygen atoms in total. The number of rotatable bonds is 10. The number of aromatic nitrogens is 1. The fourth-order valence-electron chi connectivity index (χ4n) is 3.96. The molecule has 0 aliphatic heterocycles. The molecule has 0 fully saturated rings. The Morgan fingerprint density at radius 3 is 2.60 bits per heavy atom. The summed E-state index contributed by atoms with van der Waals surface area (Å²) < 4.78 is 47.2. The maximum absolute atomic E-state index is 13.4. The molecule has 188 valence electrons. The lowest BCUT2D eigenvalue weighted by molar-refractivity contribution is -0.140. The van der Waals surface area contributed by atoms with Gasteiger partial charge < -0.3 is 19.9 Å². The van der Waals surface area contributed by atoms with Crippen molar-refractivity contribution < 1.29 is 17.9 Å². The van der Waals surface area contributed by atoms with Crippen molar-refractivity contribution in [1.82, 2.24) is 4.57 Å². The van der Waals surface area contributed by atoms with Crippen LogP contribution in [0.25, 0.3) is 10.9 Å². The van der Waals surface area contributed by atoms with E-state index in [1.54, 1.807) is 30.0 Å². The van der Waals surface area contributed by atoms with Gasteiger partial charge in [0.1, 0.15) is 12.3 Å². The Balaban J connectivity index is 1.89. The highest BCUT2D eigenvalue weighted by molar-refractivity contribution is 7.98. The van der Waals surface area contributed by atoms with E-state index >= 15 is 0 Å². The number of alkyl halides is 3. The number of nitrogens with zero attached hydrogens (tertiary/aromatic N) is 1. The summed E-state index contributed by atoms with van der Waals surface area (Å²) in [5.74, 6) is 6.66. The summed E-state index contributed by atoms with van der Waals surface area (Å²) in [5, 5.41) is 7.39. The number of halogens is 3. The van der Waals surface area contributed by atoms with Gasteiger partial charge in [-0.1, -0.05) is 25.3 Å². The molecule has 35 heavy (non-hydrogen) atoms. The number of hydrogen-bond donors (Lipinski definition) is 2. The summed E-state index contributed by atoms with van der Waals surface area (Å²) >= 11 is 1.62. The molecule has 1 aromatic heterocycles. The molecular formula is C27H32F3N3OS. The molecule has 1 atom stereocenters. The Hall–Kier alpha value is -2.92. The topological polar surface area (TPSA) is 38.2 Å². The van der Waals surface area contributed by atoms with Gasteiger partial charge in [-0.05, 0) is 68.8 Å². The lowest BCUT2D eigenvalue weighted by Crippen LogP contribution is -2.18. The molecule has 0 saturated heterocycles. The predicted molar refractivity (Wildman–Crippen MR) is 141 cm³/mol. The van der Waals surface area contributed by atoms with Crippen LogP contribution in [0.1, 0.15) is 39.3 Å². The molecular weight excluding hydrogens is 471 g/mol. The van der Waals surface area contributed by atoms with Gasteiger partial charge >= 0.3 is 6.18 Å². The van der Waals surface area contributed by atoms with E-state index in [-0.39, 0.29) is 12.6 Å². The first-order valence-corrected chi connectivity index (χ1v) is 13.0. The van der Waals surface area contributed by atoms with Crippen LogP contribution in [-0.4, -0.2) is 36.2 Å². The van der Waals surface area contributed by atoms with Gasteiger partial charge in [0, 0.05) is 22.0 Å². The fraction of sp³-hybridized carbons (Fsp3) is 0.407. The van der Waals surface area contributed by atoms with Gasteiger partial charge in [-0.15, -0.1) is 11.8 Å². The number of benzene rings is 2. The number of fused-ring (bicyclic) bond motifs is 1. The molecule has 2 N–H and O–H groups in total. The molecule has 8 heteroatoms. The molecule has 0 aliphatic rings. The van der Waals surface area contributed by atoms with E-state index in [1.165, 1.54) is 4.57 Å². The lowest BCUT2D eigenvalue weighted by Gasteiger charge is -2.16. The molecule has 0 radical (unpaired) electrons. The Labute approximate surface area is 209 Å². The second-order valence-corrected chi connectivity index (χ2v) is 9.13. The van der Waals surface area contributed by atoms with Crippen molar-refractivity contribution in [3.05, 3.63) is 48.2 Å². The molecule has 1 heterocycles. The smallest absolute Gasteiger partial charge is 0.406 e. The molecule has 0 aliphatic carbocycles. The second-order valence-electron chi connectivity index (χ2n) is 8.25. The van der Waals surface area contributed by atoms with E-state index in [9.17, 15) is 13.2 Å². The third-order valence-corrected chi connectivity index (χ3v) is 6.20. The van der Waals surface area contributed by atoms with Crippen molar-refractivity contribution in [3.8, 4) is 17.6 Å². The van der Waals surface area contributed by atoms with Crippen molar-refractivity contribution >= 4 is 34.0 Å². The van der Waals surface area contributed by atoms with Crippen LogP contribution >= 0.6 is 11.8 Å². The van der Waals surface area contributed by atoms with E-state index < -0.39 is 12.7 Å². The van der Waals surface area contributed by atoms with Crippen molar-refractivity contribution in [1.29, 1.82) is 0 Å². The maximum atomic E-state index is 13.4. The van der Waals surface area contributed by atoms with Crippen LogP contribution in [0.4, 0.5) is 24.5 Å². The van der Waals surface area contributed by atoms with Gasteiger partial charge in [0.15, 0.2) is 0 Å². The van der Waals surface area contributed by atoms with Crippen LogP contribution in [0.3, 0.4) is 0 Å². The molecule has 0 saturated carbocycles. The van der Waals surface area contributed by atoms with Crippen molar-refractivity contribution in [3.63, 3.8) is 0 Å². The molecule has 0 bridgehead atoms. The van der Waals surface area contributed by atoms with Crippen molar-refractivity contribution in [2.24, 2.45) is 0 Å². The first kappa shape index (κ1) is 26.7. The van der Waals surface area contributed by atoms with Crippen molar-refractivity contribution in [2.75, 3.05) is 30.0 Å². The average Bonchev–Trinajstić information content (AvgIpc) is 3.14. The van der Waals surface area contributed by atoms with E-state index in [2.05, 4.69) is 36.3 Å².